The third-order valence-corrected chi connectivity index (χ3v) is 9.61. The molecule has 0 N–H and O–H groups in total. The Labute approximate surface area is 373 Å². The second-order valence-electron chi connectivity index (χ2n) is 15.4. The predicted octanol–water partition coefficient (Wildman–Crippen LogP) is 15.7. The quantitative estimate of drug-likeness (QED) is 0.0201. The Morgan fingerprint density at radius 3 is 1.23 bits per heavy atom. The Hall–Kier alpha value is -4.19. The van der Waals surface area contributed by atoms with Gasteiger partial charge in [0.2, 0.25) is 0 Å². The van der Waals surface area contributed by atoms with E-state index in [-0.39, 0.29) is 44.4 Å². The Kier molecular flexibility index (Phi) is 45.1. The van der Waals surface area contributed by atoms with Crippen molar-refractivity contribution in [3.05, 3.63) is 122 Å². The van der Waals surface area contributed by atoms with Crippen LogP contribution in [0.3, 0.4) is 0 Å². The number of carbonyl (C=O) groups is 3. The smallest absolute Gasteiger partial charge is 0.306 e. The molecule has 1 atom stereocenters. The highest BCUT2D eigenvalue weighted by Gasteiger charge is 2.19. The molecule has 0 aliphatic heterocycles. The molecule has 0 spiro atoms. The van der Waals surface area contributed by atoms with Crippen LogP contribution in [0, 0.1) is 0 Å². The van der Waals surface area contributed by atoms with Crippen LogP contribution in [0.25, 0.3) is 0 Å². The zero-order valence-corrected chi connectivity index (χ0v) is 38.9. The number of hydrogen-bond donors (Lipinski definition) is 0. The molecular weight excluding hydrogens is 757 g/mol. The van der Waals surface area contributed by atoms with Crippen molar-refractivity contribution >= 4 is 17.9 Å². The lowest BCUT2D eigenvalue weighted by molar-refractivity contribution is -0.166. The average molecular weight is 843 g/mol. The summed E-state index contributed by atoms with van der Waals surface area (Å²) in [5.41, 5.74) is 0. The van der Waals surface area contributed by atoms with E-state index in [2.05, 4.69) is 69.4 Å². The molecule has 61 heavy (non-hydrogen) atoms. The van der Waals surface area contributed by atoms with Crippen LogP contribution < -0.4 is 0 Å². The van der Waals surface area contributed by atoms with Crippen molar-refractivity contribution < 1.29 is 28.6 Å². The fourth-order valence-corrected chi connectivity index (χ4v) is 5.99. The molecule has 0 bridgehead atoms. The van der Waals surface area contributed by atoms with E-state index in [1.54, 1.807) is 0 Å². The molecule has 0 aromatic carbocycles. The first kappa shape index (κ1) is 56.8. The van der Waals surface area contributed by atoms with Gasteiger partial charge in [-0.3, -0.25) is 14.4 Å². The van der Waals surface area contributed by atoms with E-state index in [4.69, 9.17) is 14.2 Å². The molecule has 0 fully saturated rings. The van der Waals surface area contributed by atoms with Gasteiger partial charge in [-0.1, -0.05) is 213 Å². The van der Waals surface area contributed by atoms with Crippen molar-refractivity contribution in [1.82, 2.24) is 0 Å². The number of unbranched alkanes of at least 4 members (excludes halogenated alkanes) is 15. The molecule has 0 heterocycles. The van der Waals surface area contributed by atoms with E-state index in [0.29, 0.717) is 19.3 Å². The van der Waals surface area contributed by atoms with Gasteiger partial charge in [-0.15, -0.1) is 0 Å². The Morgan fingerprint density at radius 1 is 0.361 bits per heavy atom. The summed E-state index contributed by atoms with van der Waals surface area (Å²) in [6, 6.07) is 0. The number of hydrogen-bond acceptors (Lipinski definition) is 6. The highest BCUT2D eigenvalue weighted by Crippen LogP contribution is 2.10. The number of esters is 3. The summed E-state index contributed by atoms with van der Waals surface area (Å²) in [5, 5.41) is 0. The molecule has 0 amide bonds. The van der Waals surface area contributed by atoms with Crippen molar-refractivity contribution in [2.24, 2.45) is 0 Å². The Morgan fingerprint density at radius 2 is 0.738 bits per heavy atom. The van der Waals surface area contributed by atoms with Gasteiger partial charge in [-0.2, -0.15) is 0 Å². The second-order valence-corrected chi connectivity index (χ2v) is 15.4. The van der Waals surface area contributed by atoms with Crippen molar-refractivity contribution in [1.29, 1.82) is 0 Å². The van der Waals surface area contributed by atoms with Crippen LogP contribution in [0.5, 0.6) is 0 Å². The summed E-state index contributed by atoms with van der Waals surface area (Å²) in [6.45, 7) is 6.30. The molecule has 6 nitrogen and oxygen atoms in total. The van der Waals surface area contributed by atoms with E-state index in [0.717, 1.165) is 51.4 Å². The van der Waals surface area contributed by atoms with Gasteiger partial charge in [0, 0.05) is 19.3 Å². The first-order valence-corrected chi connectivity index (χ1v) is 24.1. The fourth-order valence-electron chi connectivity index (χ4n) is 5.99. The number of ether oxygens (including phenoxy) is 3. The molecule has 1 unspecified atom stereocenters. The third kappa shape index (κ3) is 46.7. The maximum Gasteiger partial charge on any atom is 0.306 e. The summed E-state index contributed by atoms with van der Waals surface area (Å²) < 4.78 is 16.6. The monoisotopic (exact) mass is 843 g/mol. The van der Waals surface area contributed by atoms with Crippen LogP contribution in [0.1, 0.15) is 188 Å². The topological polar surface area (TPSA) is 78.9 Å². The van der Waals surface area contributed by atoms with Crippen LogP contribution in [-0.4, -0.2) is 37.2 Å². The minimum atomic E-state index is -0.851. The van der Waals surface area contributed by atoms with E-state index in [1.807, 2.05) is 72.9 Å². The second kappa shape index (κ2) is 48.5. The summed E-state index contributed by atoms with van der Waals surface area (Å²) in [6.07, 6.45) is 66.3. The summed E-state index contributed by atoms with van der Waals surface area (Å²) in [7, 11) is 0. The van der Waals surface area contributed by atoms with Crippen LogP contribution in [-0.2, 0) is 28.6 Å². The molecule has 0 aromatic rings. The minimum Gasteiger partial charge on any atom is -0.462 e. The molecule has 0 rings (SSSR count). The predicted molar refractivity (Wildman–Crippen MR) is 260 cm³/mol. The zero-order chi connectivity index (χ0) is 44.4. The molecule has 0 aliphatic carbocycles. The maximum atomic E-state index is 12.7. The molecular formula is C55H86O6. The van der Waals surface area contributed by atoms with E-state index < -0.39 is 12.1 Å². The molecule has 6 heteroatoms. The fraction of sp³-hybridized carbons (Fsp3) is 0.582. The van der Waals surface area contributed by atoms with Crippen LogP contribution in [0.4, 0.5) is 0 Å². The zero-order valence-electron chi connectivity index (χ0n) is 38.9. The number of rotatable bonds is 41. The van der Waals surface area contributed by atoms with Gasteiger partial charge >= 0.3 is 17.9 Å². The summed E-state index contributed by atoms with van der Waals surface area (Å²) in [5.74, 6) is -1.13. The van der Waals surface area contributed by atoms with Gasteiger partial charge in [-0.25, -0.2) is 0 Å². The Balaban J connectivity index is 4.64. The van der Waals surface area contributed by atoms with Crippen LogP contribution in [0.15, 0.2) is 122 Å². The van der Waals surface area contributed by atoms with Crippen molar-refractivity contribution in [3.8, 4) is 0 Å². The lowest BCUT2D eigenvalue weighted by Gasteiger charge is -2.18. The largest absolute Gasteiger partial charge is 0.462 e. The molecule has 0 saturated carbocycles. The van der Waals surface area contributed by atoms with E-state index >= 15 is 0 Å². The van der Waals surface area contributed by atoms with Gasteiger partial charge in [-0.05, 0) is 77.0 Å². The van der Waals surface area contributed by atoms with Crippen LogP contribution in [0.2, 0.25) is 0 Å². The van der Waals surface area contributed by atoms with Crippen LogP contribution >= 0.6 is 0 Å². The van der Waals surface area contributed by atoms with E-state index in [1.165, 1.54) is 77.0 Å². The lowest BCUT2D eigenvalue weighted by atomic mass is 10.1. The molecule has 342 valence electrons. The van der Waals surface area contributed by atoms with Gasteiger partial charge in [0.1, 0.15) is 13.2 Å². The lowest BCUT2D eigenvalue weighted by Crippen LogP contribution is -2.30. The highest BCUT2D eigenvalue weighted by atomic mass is 16.6. The average Bonchev–Trinajstić information content (AvgIpc) is 3.26. The molecule has 0 aromatic heterocycles. The van der Waals surface area contributed by atoms with Gasteiger partial charge in [0.15, 0.2) is 6.10 Å². The SMILES string of the molecule is CC/C=C/C=C/C=C/C=C/C=C/C=C/CCCCCC(=O)OCC(COC(=O)CC/C=C/C/C=C/CCCCCCCC)OC(=O)CC/C=C/C/C=C/CCCCCCCC. The van der Waals surface area contributed by atoms with Crippen molar-refractivity contribution in [2.45, 2.75) is 194 Å². The number of allylic oxidation sites excluding steroid dienone is 20. The van der Waals surface area contributed by atoms with Gasteiger partial charge in [0.05, 0.1) is 0 Å². The summed E-state index contributed by atoms with van der Waals surface area (Å²) in [4.78, 5) is 37.8. The highest BCUT2D eigenvalue weighted by molar-refractivity contribution is 5.71. The minimum absolute atomic E-state index is 0.144. The standard InChI is InChI=1S/C55H86O6/c1-4-7-10-13-16-19-22-25-26-27-28-31-33-36-39-42-45-48-54(57)60-51-52(61-55(58)49-46-43-40-37-34-30-24-21-18-15-12-9-6-3)50-59-53(56)47-44-41-38-35-32-29-23-20-17-14-11-8-5-2/h7,10,13,16,19,22,25-34,38,40-41,43,52H,4-6,8-9,11-12,14-15,17-18,20-21,23-24,35-37,39,42,44-51H2,1-3H3/b10-7+,16-13+,22-19+,26-25+,28-27+,32-29+,33-31+,34-30+,41-38+,43-40+. The van der Waals surface area contributed by atoms with Crippen molar-refractivity contribution in [2.75, 3.05) is 13.2 Å². The summed E-state index contributed by atoms with van der Waals surface area (Å²) >= 11 is 0. The van der Waals surface area contributed by atoms with E-state index in [9.17, 15) is 14.4 Å². The first-order chi connectivity index (χ1) is 30.0. The van der Waals surface area contributed by atoms with Gasteiger partial charge < -0.3 is 14.2 Å². The normalized spacial score (nSPS) is 13.2. The van der Waals surface area contributed by atoms with Gasteiger partial charge in [0.25, 0.3) is 0 Å². The molecule has 0 saturated heterocycles. The molecule has 0 aliphatic rings. The third-order valence-electron chi connectivity index (χ3n) is 9.61. The first-order valence-electron chi connectivity index (χ1n) is 24.1. The molecule has 0 radical (unpaired) electrons. The Bertz CT molecular complexity index is 1340. The van der Waals surface area contributed by atoms with Crippen molar-refractivity contribution in [3.63, 3.8) is 0 Å². The number of carbonyl (C=O) groups excluding carboxylic acids is 3. The maximum absolute atomic E-state index is 12.7.